The number of benzene rings is 5. The maximum atomic E-state index is 12.9. The smallest absolute Gasteiger partial charge is 0.416 e. The van der Waals surface area contributed by atoms with Crippen molar-refractivity contribution in [3.63, 3.8) is 0 Å². The number of esters is 2. The molecule has 266 valence electrons. The van der Waals surface area contributed by atoms with Crippen LogP contribution in [0.15, 0.2) is 126 Å². The molecule has 0 amide bonds. The van der Waals surface area contributed by atoms with Gasteiger partial charge in [-0.3, -0.25) is 9.59 Å². The highest BCUT2D eigenvalue weighted by atomic mass is 79.9. The van der Waals surface area contributed by atoms with E-state index in [0.717, 1.165) is 39.0 Å². The van der Waals surface area contributed by atoms with Crippen LogP contribution in [0.2, 0.25) is 0 Å². The fourth-order valence-electron chi connectivity index (χ4n) is 4.91. The van der Waals surface area contributed by atoms with Gasteiger partial charge in [0.1, 0.15) is 24.7 Å². The van der Waals surface area contributed by atoms with Crippen LogP contribution in [-0.2, 0) is 51.3 Å². The Hall–Kier alpha value is -5.09. The van der Waals surface area contributed by atoms with Crippen LogP contribution < -0.4 is 9.47 Å². The van der Waals surface area contributed by atoms with Crippen LogP contribution in [0.5, 0.6) is 11.5 Å². The van der Waals surface area contributed by atoms with E-state index < -0.39 is 11.7 Å². The van der Waals surface area contributed by atoms with Crippen LogP contribution in [0.1, 0.15) is 41.7 Å². The Morgan fingerprint density at radius 2 is 1.04 bits per heavy atom. The molecule has 0 spiro atoms. The van der Waals surface area contributed by atoms with Gasteiger partial charge in [0.05, 0.1) is 31.6 Å². The highest BCUT2D eigenvalue weighted by Crippen LogP contribution is 2.33. The molecule has 5 aromatic carbocycles. The monoisotopic (exact) mass is 762 g/mol. The molecule has 0 saturated heterocycles. The number of rotatable bonds is 13. The molecule has 0 aliphatic rings. The third kappa shape index (κ3) is 13.3. The SMILES string of the molecule is CCOC(=O)Cc1cc(Br)cc(OCc2ccccc2)c1.CCOC(=O)Cc1cc(OCc2ccccc2)cc(-c2ccc(C(F)(F)F)cc2)c1. The Labute approximate surface area is 304 Å². The summed E-state index contributed by atoms with van der Waals surface area (Å²) in [6, 6.07) is 35.3. The Balaban J connectivity index is 0.000000244. The van der Waals surface area contributed by atoms with Gasteiger partial charge in [0, 0.05) is 4.47 Å². The van der Waals surface area contributed by atoms with Gasteiger partial charge in [0.15, 0.2) is 0 Å². The minimum absolute atomic E-state index is 0.0456. The molecular weight excluding hydrogens is 725 g/mol. The minimum Gasteiger partial charge on any atom is -0.489 e. The van der Waals surface area contributed by atoms with Crippen molar-refractivity contribution in [1.82, 2.24) is 0 Å². The number of carbonyl (C=O) groups excluding carboxylic acids is 2. The molecule has 10 heteroatoms. The lowest BCUT2D eigenvalue weighted by molar-refractivity contribution is -0.143. The number of hydrogen-bond acceptors (Lipinski definition) is 6. The van der Waals surface area contributed by atoms with Crippen molar-refractivity contribution in [3.8, 4) is 22.6 Å². The summed E-state index contributed by atoms with van der Waals surface area (Å²) in [5, 5.41) is 0. The molecule has 6 nitrogen and oxygen atoms in total. The Morgan fingerprint density at radius 3 is 1.51 bits per heavy atom. The second kappa shape index (κ2) is 19.3. The summed E-state index contributed by atoms with van der Waals surface area (Å²) in [4.78, 5) is 23.5. The molecule has 0 atom stereocenters. The Bertz CT molecular complexity index is 1850. The van der Waals surface area contributed by atoms with Crippen molar-refractivity contribution >= 4 is 27.9 Å². The molecule has 0 bridgehead atoms. The molecule has 0 aliphatic heterocycles. The average molecular weight is 764 g/mol. The molecule has 5 rings (SSSR count). The van der Waals surface area contributed by atoms with Crippen molar-refractivity contribution < 1.29 is 41.7 Å². The van der Waals surface area contributed by atoms with E-state index in [1.54, 1.807) is 32.0 Å². The van der Waals surface area contributed by atoms with Crippen molar-refractivity contribution in [2.45, 2.75) is 46.1 Å². The predicted molar refractivity (Wildman–Crippen MR) is 193 cm³/mol. The Morgan fingerprint density at radius 1 is 0.569 bits per heavy atom. The molecule has 0 radical (unpaired) electrons. The molecule has 0 N–H and O–H groups in total. The maximum absolute atomic E-state index is 12.9. The first-order valence-corrected chi connectivity index (χ1v) is 17.1. The van der Waals surface area contributed by atoms with Crippen molar-refractivity contribution in [1.29, 1.82) is 0 Å². The second-order valence-electron chi connectivity index (χ2n) is 11.2. The van der Waals surface area contributed by atoms with Crippen LogP contribution in [0.25, 0.3) is 11.1 Å². The predicted octanol–water partition coefficient (Wildman–Crippen LogP) is 10.2. The van der Waals surface area contributed by atoms with Gasteiger partial charge < -0.3 is 18.9 Å². The third-order valence-electron chi connectivity index (χ3n) is 7.25. The lowest BCUT2D eigenvalue weighted by Crippen LogP contribution is -2.08. The van der Waals surface area contributed by atoms with Gasteiger partial charge in [0.2, 0.25) is 0 Å². The molecule has 0 fully saturated rings. The molecule has 0 saturated carbocycles. The second-order valence-corrected chi connectivity index (χ2v) is 12.2. The first-order chi connectivity index (χ1) is 24.5. The fraction of sp³-hybridized carbons (Fsp3) is 0.220. The van der Waals surface area contributed by atoms with Crippen LogP contribution in [0.3, 0.4) is 0 Å². The zero-order valence-electron chi connectivity index (χ0n) is 28.3. The van der Waals surface area contributed by atoms with Crippen LogP contribution in [0, 0.1) is 0 Å². The van der Waals surface area contributed by atoms with Crippen molar-refractivity contribution in [2.24, 2.45) is 0 Å². The number of hydrogen-bond donors (Lipinski definition) is 0. The molecule has 0 aromatic heterocycles. The molecule has 51 heavy (non-hydrogen) atoms. The minimum atomic E-state index is -4.39. The average Bonchev–Trinajstić information content (AvgIpc) is 3.10. The van der Waals surface area contributed by atoms with Gasteiger partial charge in [-0.2, -0.15) is 13.2 Å². The number of alkyl halides is 3. The molecule has 0 heterocycles. The van der Waals surface area contributed by atoms with E-state index in [4.69, 9.17) is 18.9 Å². The van der Waals surface area contributed by atoms with Gasteiger partial charge in [-0.05, 0) is 89.7 Å². The largest absolute Gasteiger partial charge is 0.489 e. The summed E-state index contributed by atoms with van der Waals surface area (Å²) in [5.41, 5.74) is 4.15. The summed E-state index contributed by atoms with van der Waals surface area (Å²) in [6.07, 6.45) is -4.10. The van der Waals surface area contributed by atoms with Gasteiger partial charge in [-0.15, -0.1) is 0 Å². The highest BCUT2D eigenvalue weighted by Gasteiger charge is 2.30. The van der Waals surface area contributed by atoms with Crippen LogP contribution >= 0.6 is 15.9 Å². The van der Waals surface area contributed by atoms with Crippen molar-refractivity contribution in [2.75, 3.05) is 13.2 Å². The summed E-state index contributed by atoms with van der Waals surface area (Å²) in [7, 11) is 0. The quantitative estimate of drug-likeness (QED) is 0.111. The molecule has 0 aliphatic carbocycles. The van der Waals surface area contributed by atoms with Gasteiger partial charge >= 0.3 is 18.1 Å². The Kier molecular flexibility index (Phi) is 14.7. The van der Waals surface area contributed by atoms with E-state index in [9.17, 15) is 22.8 Å². The van der Waals surface area contributed by atoms with E-state index >= 15 is 0 Å². The van der Waals surface area contributed by atoms with E-state index in [1.165, 1.54) is 12.1 Å². The molecule has 5 aromatic rings. The van der Waals surface area contributed by atoms with Crippen molar-refractivity contribution in [3.05, 3.63) is 154 Å². The summed E-state index contributed by atoms with van der Waals surface area (Å²) < 4.78 is 61.1. The maximum Gasteiger partial charge on any atom is 0.416 e. The number of ether oxygens (including phenoxy) is 4. The van der Waals surface area contributed by atoms with E-state index in [-0.39, 0.29) is 31.4 Å². The zero-order valence-corrected chi connectivity index (χ0v) is 29.8. The van der Waals surface area contributed by atoms with Crippen LogP contribution in [-0.4, -0.2) is 25.2 Å². The molecule has 0 unspecified atom stereocenters. The number of halogens is 4. The summed E-state index contributed by atoms with van der Waals surface area (Å²) in [5.74, 6) is 0.642. The first-order valence-electron chi connectivity index (χ1n) is 16.3. The van der Waals surface area contributed by atoms with E-state index in [2.05, 4.69) is 15.9 Å². The van der Waals surface area contributed by atoms with Gasteiger partial charge in [-0.1, -0.05) is 94.8 Å². The first kappa shape index (κ1) is 38.7. The highest BCUT2D eigenvalue weighted by molar-refractivity contribution is 9.10. The standard InChI is InChI=1S/C24H21F3O3.C17H17BrO3/c1-2-29-23(28)14-18-12-20(19-8-10-21(11-9-19)24(25,26)27)15-22(13-18)30-16-17-6-4-3-5-7-17;1-2-20-17(19)10-14-8-15(18)11-16(9-14)21-12-13-6-4-3-5-7-13/h3-13,15H,2,14,16H2,1H3;3-9,11H,2,10,12H2,1H3. The van der Waals surface area contributed by atoms with E-state index in [1.807, 2.05) is 78.9 Å². The van der Waals surface area contributed by atoms with E-state index in [0.29, 0.717) is 42.3 Å². The normalized spacial score (nSPS) is 10.8. The lowest BCUT2D eigenvalue weighted by atomic mass is 10.00. The topological polar surface area (TPSA) is 71.1 Å². The lowest BCUT2D eigenvalue weighted by Gasteiger charge is -2.13. The zero-order chi connectivity index (χ0) is 36.6. The number of carbonyl (C=O) groups is 2. The molecular formula is C41H38BrF3O6. The van der Waals surface area contributed by atoms with Gasteiger partial charge in [-0.25, -0.2) is 0 Å². The van der Waals surface area contributed by atoms with Crippen LogP contribution in [0.4, 0.5) is 13.2 Å². The fourth-order valence-corrected chi connectivity index (χ4v) is 5.43. The summed E-state index contributed by atoms with van der Waals surface area (Å²) in [6.45, 7) is 5.02. The van der Waals surface area contributed by atoms with Gasteiger partial charge in [0.25, 0.3) is 0 Å². The third-order valence-corrected chi connectivity index (χ3v) is 7.71. The summed E-state index contributed by atoms with van der Waals surface area (Å²) >= 11 is 3.44.